The molecule has 1 unspecified atom stereocenters. The van der Waals surface area contributed by atoms with Crippen LogP contribution in [0.15, 0.2) is 54.7 Å². The summed E-state index contributed by atoms with van der Waals surface area (Å²) >= 11 is -4.83. The zero-order valence-corrected chi connectivity index (χ0v) is 14.6. The van der Waals surface area contributed by atoms with Crippen molar-refractivity contribution in [3.63, 3.8) is 0 Å². The van der Waals surface area contributed by atoms with Crippen LogP contribution in [0.5, 0.6) is 0 Å². The topological polar surface area (TPSA) is 125 Å². The van der Waals surface area contributed by atoms with Gasteiger partial charge >= 0.3 is 88.4 Å². The van der Waals surface area contributed by atoms with Crippen molar-refractivity contribution < 1.29 is 21.8 Å². The molecule has 0 fully saturated rings. The number of rotatable bonds is 3. The van der Waals surface area contributed by atoms with Gasteiger partial charge in [-0.3, -0.25) is 5.10 Å². The van der Waals surface area contributed by atoms with Gasteiger partial charge < -0.3 is 0 Å². The maximum absolute atomic E-state index is 11.3. The van der Waals surface area contributed by atoms with Crippen LogP contribution >= 0.6 is 0 Å². The van der Waals surface area contributed by atoms with E-state index in [0.29, 0.717) is 5.69 Å². The van der Waals surface area contributed by atoms with Crippen LogP contribution in [0.25, 0.3) is 10.9 Å². The number of H-pyrrole nitrogens is 1. The fourth-order valence-electron chi connectivity index (χ4n) is 1.89. The van der Waals surface area contributed by atoms with Crippen LogP contribution in [0.4, 0.5) is 5.69 Å². The van der Waals surface area contributed by atoms with Crippen molar-refractivity contribution in [1.29, 1.82) is 0 Å². The number of carbonyl (C=O) groups is 1. The molecule has 0 aliphatic heterocycles. The Morgan fingerprint density at radius 2 is 2.00 bits per heavy atom. The standard InChI is InChI=1S/C8H10AsNO5.C7H6N2/c1-6(11)10-8-4-2-3-7(5-8)9(12,13)15-14;1-2-4-7-6(3-1)5-8-9-7/h2-5,14H,1H3,(H,10,11)(H,12,13);1-5H,(H,8,9). The second kappa shape index (κ2) is 7.94. The number of anilines is 1. The number of hydrogen-bond donors (Lipinski definition) is 4. The first-order chi connectivity index (χ1) is 11.4. The zero-order valence-electron chi connectivity index (χ0n) is 12.7. The van der Waals surface area contributed by atoms with Crippen LogP contribution in [0.2, 0.25) is 0 Å². The summed E-state index contributed by atoms with van der Waals surface area (Å²) in [6, 6.07) is 13.7. The number of hydrogen-bond acceptors (Lipinski definition) is 5. The van der Waals surface area contributed by atoms with Crippen molar-refractivity contribution >= 4 is 41.0 Å². The molecular formula is C15H16AsN3O5. The maximum atomic E-state index is 11.3. The summed E-state index contributed by atoms with van der Waals surface area (Å²) < 4.78 is 23.9. The van der Waals surface area contributed by atoms with Gasteiger partial charge in [0.25, 0.3) is 0 Å². The molecule has 0 saturated carbocycles. The van der Waals surface area contributed by atoms with Crippen molar-refractivity contribution in [3.8, 4) is 0 Å². The van der Waals surface area contributed by atoms with Crippen molar-refractivity contribution in [1.82, 2.24) is 10.2 Å². The minimum atomic E-state index is -4.83. The molecule has 1 aromatic heterocycles. The van der Waals surface area contributed by atoms with Crippen LogP contribution in [-0.4, -0.2) is 39.6 Å². The van der Waals surface area contributed by atoms with E-state index in [0.717, 1.165) is 10.9 Å². The first-order valence-corrected chi connectivity index (χ1v) is 10.2. The molecule has 1 heterocycles. The molecule has 3 aromatic rings. The van der Waals surface area contributed by atoms with Gasteiger partial charge in [0.15, 0.2) is 0 Å². The SMILES string of the molecule is CC(=O)Nc1cccc([As](=O)(O)OO)c1.c1ccc2[nH]ncc2c1. The second-order valence-electron chi connectivity index (χ2n) is 4.79. The van der Waals surface area contributed by atoms with Gasteiger partial charge in [-0.05, 0) is 6.07 Å². The fraction of sp³-hybridized carbons (Fsp3) is 0.0667. The Morgan fingerprint density at radius 1 is 1.25 bits per heavy atom. The summed E-state index contributed by atoms with van der Waals surface area (Å²) in [5.74, 6) is -0.294. The van der Waals surface area contributed by atoms with E-state index in [1.165, 1.54) is 25.1 Å². The molecule has 0 radical (unpaired) electrons. The molecule has 0 bridgehead atoms. The van der Waals surface area contributed by atoms with Crippen molar-refractivity contribution in [2.45, 2.75) is 6.92 Å². The zero-order chi connectivity index (χ0) is 17.6. The van der Waals surface area contributed by atoms with E-state index in [1.54, 1.807) is 6.07 Å². The van der Waals surface area contributed by atoms with Gasteiger partial charge in [0.05, 0.1) is 11.7 Å². The number of fused-ring (bicyclic) bond motifs is 1. The smallest absolute Gasteiger partial charge is 0.0650 e. The fourth-order valence-corrected chi connectivity index (χ4v) is 3.30. The van der Waals surface area contributed by atoms with Crippen molar-refractivity contribution in [2.24, 2.45) is 0 Å². The van der Waals surface area contributed by atoms with Crippen molar-refractivity contribution in [2.75, 3.05) is 5.32 Å². The number of amides is 1. The van der Waals surface area contributed by atoms with E-state index < -0.39 is 14.2 Å². The van der Waals surface area contributed by atoms with Crippen LogP contribution in [0, 0.1) is 0 Å². The van der Waals surface area contributed by atoms with Crippen LogP contribution < -0.4 is 9.67 Å². The number of aromatic nitrogens is 2. The second-order valence-corrected chi connectivity index (χ2v) is 8.40. The van der Waals surface area contributed by atoms with E-state index >= 15 is 0 Å². The largest absolute Gasteiger partial charge is 0.278 e. The minimum Gasteiger partial charge on any atom is -0.278 e. The monoisotopic (exact) mass is 393 g/mol. The van der Waals surface area contributed by atoms with Gasteiger partial charge in [-0.15, -0.1) is 0 Å². The van der Waals surface area contributed by atoms with Gasteiger partial charge in [-0.25, -0.2) is 0 Å². The summed E-state index contributed by atoms with van der Waals surface area (Å²) in [6.07, 6.45) is 1.81. The molecule has 1 atom stereocenters. The summed E-state index contributed by atoms with van der Waals surface area (Å²) in [7, 11) is 0. The van der Waals surface area contributed by atoms with Crippen LogP contribution in [0.1, 0.15) is 6.92 Å². The maximum Gasteiger partial charge on any atom is 0.0650 e. The molecule has 9 heteroatoms. The van der Waals surface area contributed by atoms with Gasteiger partial charge in [-0.1, -0.05) is 18.2 Å². The number of nitrogens with one attached hydrogen (secondary N) is 2. The Balaban J connectivity index is 0.000000194. The first-order valence-electron chi connectivity index (χ1n) is 6.84. The van der Waals surface area contributed by atoms with Gasteiger partial charge in [0.2, 0.25) is 0 Å². The van der Waals surface area contributed by atoms with Gasteiger partial charge in [0, 0.05) is 5.39 Å². The minimum absolute atomic E-state index is 0.0399. The molecule has 0 saturated heterocycles. The van der Waals surface area contributed by atoms with Crippen molar-refractivity contribution in [3.05, 3.63) is 54.7 Å². The van der Waals surface area contributed by atoms with E-state index in [9.17, 15) is 12.6 Å². The van der Waals surface area contributed by atoms with Gasteiger partial charge in [-0.2, -0.15) is 5.10 Å². The third-order valence-corrected chi connectivity index (χ3v) is 5.37. The van der Waals surface area contributed by atoms with Crippen LogP contribution in [0.3, 0.4) is 0 Å². The third kappa shape index (κ3) is 4.81. The summed E-state index contributed by atoms with van der Waals surface area (Å²) in [6.45, 7) is 1.32. The Morgan fingerprint density at radius 3 is 2.67 bits per heavy atom. The molecule has 24 heavy (non-hydrogen) atoms. The van der Waals surface area contributed by atoms with Crippen LogP contribution in [-0.2, 0) is 12.4 Å². The Kier molecular flexibility index (Phi) is 5.94. The number of aromatic amines is 1. The molecule has 1 amide bonds. The predicted molar refractivity (Wildman–Crippen MR) is 88.8 cm³/mol. The van der Waals surface area contributed by atoms with E-state index in [1.807, 2.05) is 30.5 Å². The first kappa shape index (κ1) is 18.0. The summed E-state index contributed by atoms with van der Waals surface area (Å²) in [4.78, 5) is 10.7. The Labute approximate surface area is 140 Å². The summed E-state index contributed by atoms with van der Waals surface area (Å²) in [5, 5.41) is 18.6. The molecule has 2 aromatic carbocycles. The van der Waals surface area contributed by atoms with E-state index in [2.05, 4.69) is 19.4 Å². The van der Waals surface area contributed by atoms with E-state index in [4.69, 9.17) is 5.26 Å². The molecule has 0 aliphatic rings. The number of para-hydroxylation sites is 1. The molecule has 8 nitrogen and oxygen atoms in total. The third-order valence-electron chi connectivity index (χ3n) is 2.95. The number of benzene rings is 2. The molecule has 0 spiro atoms. The normalized spacial score (nSPS) is 12.8. The van der Waals surface area contributed by atoms with E-state index in [-0.39, 0.29) is 10.3 Å². The molecule has 3 rings (SSSR count). The molecular weight excluding hydrogens is 377 g/mol. The quantitative estimate of drug-likeness (QED) is 0.302. The average molecular weight is 393 g/mol. The Bertz CT molecular complexity index is 850. The van der Waals surface area contributed by atoms with Gasteiger partial charge in [0.1, 0.15) is 0 Å². The molecule has 4 N–H and O–H groups in total. The Hall–Kier alpha value is -2.38. The number of nitrogens with zero attached hydrogens (tertiary/aromatic N) is 1. The number of carbonyl (C=O) groups excluding carboxylic acids is 1. The molecule has 126 valence electrons. The predicted octanol–water partition coefficient (Wildman–Crippen LogP) is 1.27. The average Bonchev–Trinajstić information content (AvgIpc) is 3.04. The summed E-state index contributed by atoms with van der Waals surface area (Å²) in [5.41, 5.74) is 1.46. The molecule has 0 aliphatic carbocycles.